The lowest BCUT2D eigenvalue weighted by atomic mass is 10.1. The van der Waals surface area contributed by atoms with Crippen molar-refractivity contribution in [1.82, 2.24) is 15.3 Å². The first kappa shape index (κ1) is 17.6. The number of hydrogen-bond acceptors (Lipinski definition) is 4. The SMILES string of the molecule is COc1ccc(-c2cc(CNC(=O)Cc3ccc(C)cc3)ncn2)cc1. The Morgan fingerprint density at radius 2 is 1.77 bits per heavy atom. The molecule has 0 aliphatic rings. The molecule has 1 aromatic heterocycles. The van der Waals surface area contributed by atoms with Gasteiger partial charge in [0.15, 0.2) is 0 Å². The van der Waals surface area contributed by atoms with E-state index in [9.17, 15) is 4.79 Å². The van der Waals surface area contributed by atoms with Crippen LogP contribution in [0.2, 0.25) is 0 Å². The van der Waals surface area contributed by atoms with Gasteiger partial charge < -0.3 is 10.1 Å². The standard InChI is InChI=1S/C21H21N3O2/c1-15-3-5-16(6-4-15)11-21(25)22-13-18-12-20(24-14-23-18)17-7-9-19(26-2)10-8-17/h3-10,12,14H,11,13H2,1-2H3,(H,22,25). The zero-order chi connectivity index (χ0) is 18.4. The predicted octanol–water partition coefficient (Wildman–Crippen LogP) is 3.32. The number of aryl methyl sites for hydroxylation is 1. The van der Waals surface area contributed by atoms with Gasteiger partial charge in [0.25, 0.3) is 0 Å². The first-order chi connectivity index (χ1) is 12.6. The Hall–Kier alpha value is -3.21. The number of rotatable bonds is 6. The molecule has 0 saturated heterocycles. The molecule has 0 unspecified atom stereocenters. The molecule has 0 spiro atoms. The quantitative estimate of drug-likeness (QED) is 0.743. The molecule has 132 valence electrons. The van der Waals surface area contributed by atoms with Crippen molar-refractivity contribution in [3.8, 4) is 17.0 Å². The minimum Gasteiger partial charge on any atom is -0.497 e. The number of aromatic nitrogens is 2. The Kier molecular flexibility index (Phi) is 5.59. The molecule has 0 saturated carbocycles. The van der Waals surface area contributed by atoms with Crippen molar-refractivity contribution in [1.29, 1.82) is 0 Å². The van der Waals surface area contributed by atoms with E-state index in [0.717, 1.165) is 28.3 Å². The van der Waals surface area contributed by atoms with Crippen LogP contribution < -0.4 is 10.1 Å². The van der Waals surface area contributed by atoms with Gasteiger partial charge in [-0.25, -0.2) is 9.97 Å². The third-order valence-corrected chi connectivity index (χ3v) is 4.06. The lowest BCUT2D eigenvalue weighted by Gasteiger charge is -2.07. The van der Waals surface area contributed by atoms with E-state index >= 15 is 0 Å². The van der Waals surface area contributed by atoms with E-state index in [1.807, 2.05) is 61.5 Å². The van der Waals surface area contributed by atoms with E-state index in [-0.39, 0.29) is 5.91 Å². The molecule has 0 radical (unpaired) electrons. The summed E-state index contributed by atoms with van der Waals surface area (Å²) >= 11 is 0. The van der Waals surface area contributed by atoms with Gasteiger partial charge in [0.1, 0.15) is 12.1 Å². The summed E-state index contributed by atoms with van der Waals surface area (Å²) < 4.78 is 5.17. The number of methoxy groups -OCH3 is 1. The molecule has 0 fully saturated rings. The maximum absolute atomic E-state index is 12.1. The highest BCUT2D eigenvalue weighted by atomic mass is 16.5. The van der Waals surface area contributed by atoms with E-state index in [1.165, 1.54) is 11.9 Å². The molecule has 1 amide bonds. The summed E-state index contributed by atoms with van der Waals surface area (Å²) in [6.07, 6.45) is 1.87. The lowest BCUT2D eigenvalue weighted by molar-refractivity contribution is -0.120. The molecule has 1 heterocycles. The zero-order valence-electron chi connectivity index (χ0n) is 14.9. The molecule has 26 heavy (non-hydrogen) atoms. The Morgan fingerprint density at radius 3 is 2.46 bits per heavy atom. The average molecular weight is 347 g/mol. The maximum atomic E-state index is 12.1. The second-order valence-corrected chi connectivity index (χ2v) is 6.06. The number of nitrogens with one attached hydrogen (secondary N) is 1. The van der Waals surface area contributed by atoms with E-state index in [2.05, 4.69) is 15.3 Å². The summed E-state index contributed by atoms with van der Waals surface area (Å²) in [5.74, 6) is 0.768. The second-order valence-electron chi connectivity index (χ2n) is 6.06. The summed E-state index contributed by atoms with van der Waals surface area (Å²) in [6.45, 7) is 2.40. The number of amides is 1. The number of carbonyl (C=O) groups excluding carboxylic acids is 1. The van der Waals surface area contributed by atoms with Gasteiger partial charge in [-0.3, -0.25) is 4.79 Å². The Bertz CT molecular complexity index is 875. The van der Waals surface area contributed by atoms with Gasteiger partial charge in [-0.2, -0.15) is 0 Å². The Balaban J connectivity index is 1.61. The summed E-state index contributed by atoms with van der Waals surface area (Å²) in [6, 6.07) is 17.5. The molecular weight excluding hydrogens is 326 g/mol. The Labute approximate surface area is 153 Å². The molecule has 0 aliphatic heterocycles. The first-order valence-corrected chi connectivity index (χ1v) is 8.41. The van der Waals surface area contributed by atoms with Crippen LogP contribution in [0.5, 0.6) is 5.75 Å². The maximum Gasteiger partial charge on any atom is 0.224 e. The second kappa shape index (κ2) is 8.25. The number of carbonyl (C=O) groups is 1. The van der Waals surface area contributed by atoms with Crippen LogP contribution in [0.25, 0.3) is 11.3 Å². The number of benzene rings is 2. The van der Waals surface area contributed by atoms with Gasteiger partial charge in [0, 0.05) is 5.56 Å². The van der Waals surface area contributed by atoms with Crippen LogP contribution in [0.4, 0.5) is 0 Å². The van der Waals surface area contributed by atoms with Gasteiger partial charge in [0.2, 0.25) is 5.91 Å². The van der Waals surface area contributed by atoms with Crippen molar-refractivity contribution in [2.24, 2.45) is 0 Å². The van der Waals surface area contributed by atoms with Crippen LogP contribution >= 0.6 is 0 Å². The topological polar surface area (TPSA) is 64.1 Å². The van der Waals surface area contributed by atoms with Gasteiger partial charge in [-0.15, -0.1) is 0 Å². The molecule has 0 bridgehead atoms. The van der Waals surface area contributed by atoms with Crippen molar-refractivity contribution in [3.63, 3.8) is 0 Å². The van der Waals surface area contributed by atoms with E-state index < -0.39 is 0 Å². The number of ether oxygens (including phenoxy) is 1. The minimum absolute atomic E-state index is 0.0292. The molecule has 5 nitrogen and oxygen atoms in total. The van der Waals surface area contributed by atoms with E-state index in [4.69, 9.17) is 4.74 Å². The molecule has 1 N–H and O–H groups in total. The molecule has 5 heteroatoms. The molecular formula is C21H21N3O2. The summed E-state index contributed by atoms with van der Waals surface area (Å²) in [5.41, 5.74) is 4.73. The molecule has 0 aliphatic carbocycles. The van der Waals surface area contributed by atoms with Crippen molar-refractivity contribution in [2.45, 2.75) is 19.9 Å². The van der Waals surface area contributed by atoms with Crippen LogP contribution in [0.15, 0.2) is 60.9 Å². The first-order valence-electron chi connectivity index (χ1n) is 8.41. The van der Waals surface area contributed by atoms with Gasteiger partial charge in [-0.05, 0) is 42.8 Å². The van der Waals surface area contributed by atoms with Crippen LogP contribution in [-0.2, 0) is 17.8 Å². The fraction of sp³-hybridized carbons (Fsp3) is 0.190. The van der Waals surface area contributed by atoms with Gasteiger partial charge in [-0.1, -0.05) is 29.8 Å². The summed E-state index contributed by atoms with van der Waals surface area (Å²) in [4.78, 5) is 20.7. The summed E-state index contributed by atoms with van der Waals surface area (Å²) in [5, 5.41) is 2.91. The highest BCUT2D eigenvalue weighted by molar-refractivity contribution is 5.78. The largest absolute Gasteiger partial charge is 0.497 e. The number of hydrogen-bond donors (Lipinski definition) is 1. The zero-order valence-corrected chi connectivity index (χ0v) is 14.9. The smallest absolute Gasteiger partial charge is 0.224 e. The van der Waals surface area contributed by atoms with Crippen molar-refractivity contribution in [3.05, 3.63) is 77.7 Å². The average Bonchev–Trinajstić information content (AvgIpc) is 2.68. The van der Waals surface area contributed by atoms with Crippen molar-refractivity contribution >= 4 is 5.91 Å². The van der Waals surface area contributed by atoms with Crippen molar-refractivity contribution in [2.75, 3.05) is 7.11 Å². The monoisotopic (exact) mass is 347 g/mol. The van der Waals surface area contributed by atoms with Gasteiger partial charge >= 0.3 is 0 Å². The number of nitrogens with zero attached hydrogens (tertiary/aromatic N) is 2. The normalized spacial score (nSPS) is 10.4. The van der Waals surface area contributed by atoms with Crippen molar-refractivity contribution < 1.29 is 9.53 Å². The molecule has 3 aromatic rings. The van der Waals surface area contributed by atoms with Gasteiger partial charge in [0.05, 0.1) is 31.5 Å². The van der Waals surface area contributed by atoms with Crippen LogP contribution in [0, 0.1) is 6.92 Å². The third-order valence-electron chi connectivity index (χ3n) is 4.06. The molecule has 2 aromatic carbocycles. The lowest BCUT2D eigenvalue weighted by Crippen LogP contribution is -2.25. The molecule has 3 rings (SSSR count). The highest BCUT2D eigenvalue weighted by Crippen LogP contribution is 2.20. The third kappa shape index (κ3) is 4.66. The fourth-order valence-corrected chi connectivity index (χ4v) is 2.56. The van der Waals surface area contributed by atoms with E-state index in [1.54, 1.807) is 7.11 Å². The Morgan fingerprint density at radius 1 is 1.04 bits per heavy atom. The predicted molar refractivity (Wildman–Crippen MR) is 101 cm³/mol. The highest BCUT2D eigenvalue weighted by Gasteiger charge is 2.06. The minimum atomic E-state index is -0.0292. The van der Waals surface area contributed by atoms with E-state index in [0.29, 0.717) is 13.0 Å². The van der Waals surface area contributed by atoms with Crippen LogP contribution in [-0.4, -0.2) is 23.0 Å². The van der Waals surface area contributed by atoms with Crippen LogP contribution in [0.3, 0.4) is 0 Å². The molecule has 0 atom stereocenters. The summed E-state index contributed by atoms with van der Waals surface area (Å²) in [7, 11) is 1.64. The van der Waals surface area contributed by atoms with Crippen LogP contribution in [0.1, 0.15) is 16.8 Å². The fourth-order valence-electron chi connectivity index (χ4n) is 2.56.